The lowest BCUT2D eigenvalue weighted by Crippen LogP contribution is -2.50. The second-order valence-electron chi connectivity index (χ2n) is 12.9. The molecule has 10 nitrogen and oxygen atoms in total. The van der Waals surface area contributed by atoms with E-state index in [9.17, 15) is 33.0 Å². The summed E-state index contributed by atoms with van der Waals surface area (Å²) in [7, 11) is 1.29. The Morgan fingerprint density at radius 3 is 2.31 bits per heavy atom. The van der Waals surface area contributed by atoms with Gasteiger partial charge in [0.05, 0.1) is 18.9 Å². The van der Waals surface area contributed by atoms with Crippen molar-refractivity contribution in [3.63, 3.8) is 0 Å². The van der Waals surface area contributed by atoms with Crippen molar-refractivity contribution in [3.8, 4) is 5.75 Å². The zero-order valence-corrected chi connectivity index (χ0v) is 25.7. The van der Waals surface area contributed by atoms with Crippen molar-refractivity contribution in [2.45, 2.75) is 95.4 Å². The number of likely N-dealkylation sites (tertiary alicyclic amines) is 1. The van der Waals surface area contributed by atoms with Crippen LogP contribution in [0.15, 0.2) is 24.4 Å². The number of nitrogens with zero attached hydrogens (tertiary/aromatic N) is 3. The number of amides is 2. The van der Waals surface area contributed by atoms with Gasteiger partial charge in [0, 0.05) is 36.3 Å². The molecule has 248 valence electrons. The van der Waals surface area contributed by atoms with Crippen LogP contribution in [0.2, 0.25) is 0 Å². The fourth-order valence-electron chi connectivity index (χ4n) is 6.66. The van der Waals surface area contributed by atoms with Crippen molar-refractivity contribution < 1.29 is 42.1 Å². The number of benzene rings is 1. The molecule has 0 radical (unpaired) electrons. The molecule has 1 aromatic heterocycles. The van der Waals surface area contributed by atoms with E-state index in [2.05, 4.69) is 15.7 Å². The predicted molar refractivity (Wildman–Crippen MR) is 156 cm³/mol. The third-order valence-electron chi connectivity index (χ3n) is 9.23. The highest BCUT2D eigenvalue weighted by molar-refractivity contribution is 6.01. The third kappa shape index (κ3) is 7.12. The Hall–Kier alpha value is -3.23. The Balaban J connectivity index is 1.38. The zero-order valence-electron chi connectivity index (χ0n) is 25.7. The van der Waals surface area contributed by atoms with Gasteiger partial charge in [-0.3, -0.25) is 19.2 Å². The van der Waals surface area contributed by atoms with Gasteiger partial charge in [-0.1, -0.05) is 6.92 Å². The van der Waals surface area contributed by atoms with E-state index in [0.29, 0.717) is 5.69 Å². The molecular formula is C31H41F4N5O5. The van der Waals surface area contributed by atoms with Crippen LogP contribution in [0.3, 0.4) is 0 Å². The minimum Gasteiger partial charge on any atom is -0.496 e. The summed E-state index contributed by atoms with van der Waals surface area (Å²) in [6.07, 6.45) is -2.99. The van der Waals surface area contributed by atoms with Crippen molar-refractivity contribution in [1.29, 1.82) is 0 Å². The van der Waals surface area contributed by atoms with Crippen molar-refractivity contribution in [1.82, 2.24) is 20.0 Å². The van der Waals surface area contributed by atoms with Crippen LogP contribution in [0, 0.1) is 23.6 Å². The molecule has 4 N–H and O–H groups in total. The fraction of sp³-hybridized carbons (Fsp3) is 0.645. The quantitative estimate of drug-likeness (QED) is 0.256. The SMILES string of the molecule is COc1cc(NC(=O)[C@@H](NC(=O)c2ccnn2C(C)C)C(C2CC2)C2CC2)c(F)cc1C(C)C(O)N1CC(O)CC1C(F)(F)F. The van der Waals surface area contributed by atoms with Crippen LogP contribution in [0.5, 0.6) is 5.75 Å². The van der Waals surface area contributed by atoms with Crippen LogP contribution in [0.1, 0.15) is 80.9 Å². The molecule has 1 aliphatic heterocycles. The largest absolute Gasteiger partial charge is 0.496 e. The van der Waals surface area contributed by atoms with Crippen molar-refractivity contribution in [3.05, 3.63) is 41.5 Å². The first kappa shape index (κ1) is 33.1. The molecule has 2 aliphatic carbocycles. The predicted octanol–water partition coefficient (Wildman–Crippen LogP) is 4.20. The number of β-amino-alcohol motifs (C(OH)–C–C–N with tert-alkyl or cyclic N) is 1. The standard InChI is InChI=1S/C31H41F4N5O5/c1-15(2)40-23(9-10-36-40)28(42)38-27(26(17-5-6-17)18-7-8-18)29(43)37-22-13-24(45-4)20(12-21(22)32)16(3)30(44)39-14-19(41)11-25(39)31(33,34)35/h9-10,12-13,15-19,25-27,30,41,44H,5-8,11,14H2,1-4H3,(H,37,43)(H,38,42)/t16?,19?,25?,27-,30?/m0/s1. The molecule has 2 amide bonds. The summed E-state index contributed by atoms with van der Waals surface area (Å²) in [5, 5.41) is 30.6. The van der Waals surface area contributed by atoms with Crippen LogP contribution in [0.25, 0.3) is 0 Å². The van der Waals surface area contributed by atoms with Crippen molar-refractivity contribution in [2.75, 3.05) is 19.0 Å². The molecule has 0 spiro atoms. The maximum absolute atomic E-state index is 15.6. The number of hydrogen-bond donors (Lipinski definition) is 4. The molecule has 45 heavy (non-hydrogen) atoms. The summed E-state index contributed by atoms with van der Waals surface area (Å²) in [6.45, 7) is 4.80. The van der Waals surface area contributed by atoms with E-state index < -0.39 is 67.1 Å². The molecule has 3 fully saturated rings. The number of rotatable bonds is 12. The Bertz CT molecular complexity index is 1380. The molecule has 1 saturated heterocycles. The van der Waals surface area contributed by atoms with Crippen molar-refractivity contribution >= 4 is 17.5 Å². The zero-order chi connectivity index (χ0) is 32.8. The van der Waals surface area contributed by atoms with E-state index in [1.807, 2.05) is 13.8 Å². The van der Waals surface area contributed by atoms with Crippen LogP contribution in [-0.4, -0.2) is 81.0 Å². The summed E-state index contributed by atoms with van der Waals surface area (Å²) < 4.78 is 63.4. The maximum Gasteiger partial charge on any atom is 0.404 e. The van der Waals surface area contributed by atoms with Gasteiger partial charge in [0.1, 0.15) is 35.6 Å². The number of carbonyl (C=O) groups excluding carboxylic acids is 2. The number of methoxy groups -OCH3 is 1. The second-order valence-corrected chi connectivity index (χ2v) is 12.9. The van der Waals surface area contributed by atoms with Gasteiger partial charge in [0.15, 0.2) is 0 Å². The molecule has 5 atom stereocenters. The van der Waals surface area contributed by atoms with Crippen molar-refractivity contribution in [2.24, 2.45) is 17.8 Å². The average molecular weight is 640 g/mol. The minimum atomic E-state index is -4.68. The number of aliphatic hydroxyl groups excluding tert-OH is 2. The Labute approximate surface area is 259 Å². The van der Waals surface area contributed by atoms with Gasteiger partial charge < -0.3 is 25.6 Å². The number of anilines is 1. The Morgan fingerprint density at radius 1 is 1.11 bits per heavy atom. The van der Waals surface area contributed by atoms with Gasteiger partial charge in [-0.15, -0.1) is 0 Å². The lowest BCUT2D eigenvalue weighted by atomic mass is 9.88. The molecule has 14 heteroatoms. The van der Waals surface area contributed by atoms with Crippen LogP contribution < -0.4 is 15.4 Å². The molecule has 5 rings (SSSR count). The summed E-state index contributed by atoms with van der Waals surface area (Å²) in [5.41, 5.74) is 0.156. The number of aromatic nitrogens is 2. The number of carbonyl (C=O) groups is 2. The highest BCUT2D eigenvalue weighted by Gasteiger charge is 2.52. The number of alkyl halides is 3. The van der Waals surface area contributed by atoms with E-state index in [4.69, 9.17) is 4.74 Å². The first-order valence-corrected chi connectivity index (χ1v) is 15.4. The van der Waals surface area contributed by atoms with Gasteiger partial charge in [-0.2, -0.15) is 18.3 Å². The summed E-state index contributed by atoms with van der Waals surface area (Å²) >= 11 is 0. The van der Waals surface area contributed by atoms with E-state index in [0.717, 1.165) is 36.6 Å². The lowest BCUT2D eigenvalue weighted by Gasteiger charge is -2.34. The topological polar surface area (TPSA) is 129 Å². The number of halogens is 4. The smallest absolute Gasteiger partial charge is 0.404 e. The van der Waals surface area contributed by atoms with Crippen LogP contribution in [0.4, 0.5) is 23.2 Å². The highest BCUT2D eigenvalue weighted by atomic mass is 19.4. The first-order chi connectivity index (χ1) is 21.2. The summed E-state index contributed by atoms with van der Waals surface area (Å²) in [6, 6.07) is 0.724. The van der Waals surface area contributed by atoms with E-state index in [-0.39, 0.29) is 40.8 Å². The van der Waals surface area contributed by atoms with Gasteiger partial charge >= 0.3 is 6.18 Å². The summed E-state index contributed by atoms with van der Waals surface area (Å²) in [4.78, 5) is 28.0. The summed E-state index contributed by atoms with van der Waals surface area (Å²) in [5.74, 6) is -2.55. The average Bonchev–Trinajstić information content (AvgIpc) is 3.91. The van der Waals surface area contributed by atoms with Gasteiger partial charge in [0.25, 0.3) is 5.91 Å². The number of hydrogen-bond acceptors (Lipinski definition) is 7. The molecule has 4 unspecified atom stereocenters. The van der Waals surface area contributed by atoms with Crippen LogP contribution >= 0.6 is 0 Å². The number of ether oxygens (including phenoxy) is 1. The molecule has 0 bridgehead atoms. The highest BCUT2D eigenvalue weighted by Crippen LogP contribution is 2.51. The van der Waals surface area contributed by atoms with E-state index in [1.54, 1.807) is 10.7 Å². The third-order valence-corrected chi connectivity index (χ3v) is 9.23. The normalized spacial score (nSPS) is 22.8. The number of aliphatic hydroxyl groups is 2. The molecule has 2 aromatic rings. The molecular weight excluding hydrogens is 598 g/mol. The van der Waals surface area contributed by atoms with Gasteiger partial charge in [-0.25, -0.2) is 4.39 Å². The second kappa shape index (κ2) is 12.9. The monoisotopic (exact) mass is 639 g/mol. The van der Waals surface area contributed by atoms with Gasteiger partial charge in [0.2, 0.25) is 5.91 Å². The van der Waals surface area contributed by atoms with E-state index in [1.165, 1.54) is 26.3 Å². The molecule has 2 heterocycles. The molecule has 1 aromatic carbocycles. The van der Waals surface area contributed by atoms with Crippen LogP contribution in [-0.2, 0) is 4.79 Å². The number of nitrogens with one attached hydrogen (secondary N) is 2. The minimum absolute atomic E-state index is 0.0453. The first-order valence-electron chi connectivity index (χ1n) is 15.4. The molecule has 3 aliphatic rings. The Morgan fingerprint density at radius 2 is 1.76 bits per heavy atom. The lowest BCUT2D eigenvalue weighted by molar-refractivity contribution is -0.197. The molecule has 2 saturated carbocycles. The van der Waals surface area contributed by atoms with Gasteiger partial charge in [-0.05, 0) is 75.8 Å². The fourth-order valence-corrected chi connectivity index (χ4v) is 6.66. The maximum atomic E-state index is 15.6. The van der Waals surface area contributed by atoms with E-state index >= 15 is 4.39 Å². The Kier molecular flexibility index (Phi) is 9.48.